The van der Waals surface area contributed by atoms with Gasteiger partial charge in [-0.05, 0) is 54.4 Å². The quantitative estimate of drug-likeness (QED) is 0.337. The molecule has 3 aromatic rings. The number of amides is 1. The number of esters is 1. The first-order chi connectivity index (χ1) is 15.8. The average molecular weight is 470 g/mol. The third kappa shape index (κ3) is 7.54. The zero-order valence-electron chi connectivity index (χ0n) is 18.3. The van der Waals surface area contributed by atoms with Crippen molar-refractivity contribution in [3.63, 3.8) is 0 Å². The van der Waals surface area contributed by atoms with Gasteiger partial charge in [-0.1, -0.05) is 30.6 Å². The number of anilines is 1. The van der Waals surface area contributed by atoms with Crippen LogP contribution in [0.25, 0.3) is 11.4 Å². The lowest BCUT2D eigenvalue weighted by atomic mass is 10.1. The van der Waals surface area contributed by atoms with Gasteiger partial charge in [0.25, 0.3) is 0 Å². The number of ether oxygens (including phenoxy) is 1. The SMILES string of the molecule is CC(C)CC(=O)Nc1ccc(C(=O)COC(=O)CCc2nc(-c3ccc(Cl)cc3)no2)cc1. The number of aromatic nitrogens is 2. The molecule has 172 valence electrons. The van der Waals surface area contributed by atoms with Crippen molar-refractivity contribution in [2.75, 3.05) is 11.9 Å². The van der Waals surface area contributed by atoms with Gasteiger partial charge in [0.2, 0.25) is 17.6 Å². The van der Waals surface area contributed by atoms with E-state index in [9.17, 15) is 14.4 Å². The molecule has 0 saturated carbocycles. The van der Waals surface area contributed by atoms with Crippen LogP contribution in [0.5, 0.6) is 0 Å². The molecular formula is C24H24ClN3O5. The molecular weight excluding hydrogens is 446 g/mol. The molecule has 0 aliphatic rings. The highest BCUT2D eigenvalue weighted by Crippen LogP contribution is 2.19. The molecule has 0 radical (unpaired) electrons. The number of hydrogen-bond acceptors (Lipinski definition) is 7. The van der Waals surface area contributed by atoms with Gasteiger partial charge < -0.3 is 14.6 Å². The number of nitrogens with zero attached hydrogens (tertiary/aromatic N) is 2. The molecule has 3 rings (SSSR count). The summed E-state index contributed by atoms with van der Waals surface area (Å²) in [5.41, 5.74) is 1.73. The second kappa shape index (κ2) is 11.4. The highest BCUT2D eigenvalue weighted by molar-refractivity contribution is 6.30. The van der Waals surface area contributed by atoms with Crippen LogP contribution >= 0.6 is 11.6 Å². The zero-order chi connectivity index (χ0) is 23.8. The minimum atomic E-state index is -0.549. The van der Waals surface area contributed by atoms with Gasteiger partial charge in [-0.3, -0.25) is 14.4 Å². The summed E-state index contributed by atoms with van der Waals surface area (Å²) in [6.07, 6.45) is 0.609. The number of carbonyl (C=O) groups is 3. The van der Waals surface area contributed by atoms with Gasteiger partial charge in [-0.15, -0.1) is 0 Å². The number of carbonyl (C=O) groups excluding carboxylic acids is 3. The van der Waals surface area contributed by atoms with E-state index in [-0.39, 0.29) is 37.1 Å². The van der Waals surface area contributed by atoms with Gasteiger partial charge in [0.1, 0.15) is 0 Å². The Morgan fingerprint density at radius 2 is 1.76 bits per heavy atom. The first-order valence-corrected chi connectivity index (χ1v) is 10.8. The van der Waals surface area contributed by atoms with Crippen LogP contribution in [0.1, 0.15) is 42.9 Å². The van der Waals surface area contributed by atoms with Crippen LogP contribution in [0.4, 0.5) is 5.69 Å². The fourth-order valence-corrected chi connectivity index (χ4v) is 3.03. The van der Waals surface area contributed by atoms with Crippen molar-refractivity contribution in [2.45, 2.75) is 33.1 Å². The Hall–Kier alpha value is -3.52. The second-order valence-corrected chi connectivity index (χ2v) is 8.26. The topological polar surface area (TPSA) is 111 Å². The second-order valence-electron chi connectivity index (χ2n) is 7.83. The number of hydrogen-bond donors (Lipinski definition) is 1. The molecule has 1 amide bonds. The summed E-state index contributed by atoms with van der Waals surface area (Å²) in [7, 11) is 0. The van der Waals surface area contributed by atoms with E-state index in [4.69, 9.17) is 20.9 Å². The largest absolute Gasteiger partial charge is 0.457 e. The number of ketones is 1. The lowest BCUT2D eigenvalue weighted by Gasteiger charge is -2.08. The number of nitrogens with one attached hydrogen (secondary N) is 1. The van der Waals surface area contributed by atoms with Crippen LogP contribution in [0.15, 0.2) is 53.1 Å². The first-order valence-electron chi connectivity index (χ1n) is 10.5. The molecule has 8 nitrogen and oxygen atoms in total. The molecule has 33 heavy (non-hydrogen) atoms. The van der Waals surface area contributed by atoms with Crippen LogP contribution < -0.4 is 5.32 Å². The van der Waals surface area contributed by atoms with Gasteiger partial charge in [-0.25, -0.2) is 0 Å². The summed E-state index contributed by atoms with van der Waals surface area (Å²) >= 11 is 5.87. The number of Topliss-reactive ketones (excluding diaryl/α,β-unsaturated/α-hetero) is 1. The van der Waals surface area contributed by atoms with Crippen LogP contribution in [0.3, 0.4) is 0 Å². The number of aryl methyl sites for hydroxylation is 1. The third-order valence-corrected chi connectivity index (χ3v) is 4.81. The molecule has 1 N–H and O–H groups in total. The van der Waals surface area contributed by atoms with E-state index in [1.54, 1.807) is 48.5 Å². The predicted molar refractivity (Wildman–Crippen MR) is 123 cm³/mol. The normalized spacial score (nSPS) is 10.8. The minimum absolute atomic E-state index is 0.00362. The highest BCUT2D eigenvalue weighted by atomic mass is 35.5. The van der Waals surface area contributed by atoms with E-state index in [1.165, 1.54) is 0 Å². The molecule has 0 unspecified atom stereocenters. The molecule has 1 aromatic heterocycles. The molecule has 0 aliphatic heterocycles. The van der Waals surface area contributed by atoms with Crippen molar-refractivity contribution in [3.8, 4) is 11.4 Å². The Bertz CT molecular complexity index is 1110. The molecule has 0 bridgehead atoms. The molecule has 0 aliphatic carbocycles. The van der Waals surface area contributed by atoms with Gasteiger partial charge in [-0.2, -0.15) is 4.98 Å². The lowest BCUT2D eigenvalue weighted by molar-refractivity contribution is -0.142. The smallest absolute Gasteiger partial charge is 0.306 e. The summed E-state index contributed by atoms with van der Waals surface area (Å²) in [5, 5.41) is 7.26. The van der Waals surface area contributed by atoms with Gasteiger partial charge in [0.05, 0.1) is 6.42 Å². The molecule has 2 aromatic carbocycles. The Morgan fingerprint density at radius 1 is 1.06 bits per heavy atom. The van der Waals surface area contributed by atoms with E-state index in [1.807, 2.05) is 13.8 Å². The fraction of sp³-hybridized carbons (Fsp3) is 0.292. The highest BCUT2D eigenvalue weighted by Gasteiger charge is 2.14. The summed E-state index contributed by atoms with van der Waals surface area (Å²) in [4.78, 5) is 40.3. The van der Waals surface area contributed by atoms with E-state index in [0.717, 1.165) is 5.56 Å². The Kier molecular flexibility index (Phi) is 8.32. The molecule has 1 heterocycles. The maximum atomic E-state index is 12.3. The van der Waals surface area contributed by atoms with Gasteiger partial charge >= 0.3 is 5.97 Å². The van der Waals surface area contributed by atoms with E-state index >= 15 is 0 Å². The van der Waals surface area contributed by atoms with Crippen molar-refractivity contribution < 1.29 is 23.6 Å². The molecule has 0 spiro atoms. The third-order valence-electron chi connectivity index (χ3n) is 4.56. The number of rotatable bonds is 10. The fourth-order valence-electron chi connectivity index (χ4n) is 2.91. The molecule has 0 saturated heterocycles. The van der Waals surface area contributed by atoms with Crippen LogP contribution in [0.2, 0.25) is 5.02 Å². The zero-order valence-corrected chi connectivity index (χ0v) is 19.1. The van der Waals surface area contributed by atoms with Crippen molar-refractivity contribution in [3.05, 3.63) is 65.0 Å². The maximum absolute atomic E-state index is 12.3. The predicted octanol–water partition coefficient (Wildman–Crippen LogP) is 4.73. The molecule has 0 fully saturated rings. The monoisotopic (exact) mass is 469 g/mol. The maximum Gasteiger partial charge on any atom is 0.306 e. The van der Waals surface area contributed by atoms with Crippen molar-refractivity contribution in [1.29, 1.82) is 0 Å². The summed E-state index contributed by atoms with van der Waals surface area (Å²) < 4.78 is 10.2. The van der Waals surface area contributed by atoms with E-state index < -0.39 is 5.97 Å². The van der Waals surface area contributed by atoms with Gasteiger partial charge in [0.15, 0.2) is 12.4 Å². The Labute approximate surface area is 196 Å². The number of benzene rings is 2. The van der Waals surface area contributed by atoms with Crippen molar-refractivity contribution in [1.82, 2.24) is 10.1 Å². The van der Waals surface area contributed by atoms with E-state index in [0.29, 0.717) is 34.4 Å². The van der Waals surface area contributed by atoms with E-state index in [2.05, 4.69) is 15.5 Å². The Morgan fingerprint density at radius 3 is 2.42 bits per heavy atom. The standard InChI is InChI=1S/C24H24ClN3O5/c1-15(2)13-21(30)26-19-9-5-16(6-10-19)20(29)14-32-23(31)12-11-22-27-24(28-33-22)17-3-7-18(25)8-4-17/h3-10,15H,11-14H2,1-2H3,(H,26,30). The lowest BCUT2D eigenvalue weighted by Crippen LogP contribution is -2.15. The molecule has 9 heteroatoms. The molecule has 0 atom stereocenters. The van der Waals surface area contributed by atoms with Crippen LogP contribution in [0, 0.1) is 5.92 Å². The summed E-state index contributed by atoms with van der Waals surface area (Å²) in [5.74, 6) is -0.0313. The van der Waals surface area contributed by atoms with Crippen molar-refractivity contribution >= 4 is 34.9 Å². The van der Waals surface area contributed by atoms with Crippen molar-refractivity contribution in [2.24, 2.45) is 5.92 Å². The average Bonchev–Trinajstić information content (AvgIpc) is 3.25. The number of halogens is 1. The summed E-state index contributed by atoms with van der Waals surface area (Å²) in [6.45, 7) is 3.55. The van der Waals surface area contributed by atoms with Crippen LogP contribution in [-0.2, 0) is 20.7 Å². The van der Waals surface area contributed by atoms with Gasteiger partial charge in [0, 0.05) is 34.7 Å². The first kappa shape index (κ1) is 24.1. The minimum Gasteiger partial charge on any atom is -0.457 e. The van der Waals surface area contributed by atoms with Crippen LogP contribution in [-0.4, -0.2) is 34.4 Å². The summed E-state index contributed by atoms with van der Waals surface area (Å²) in [6, 6.07) is 13.4. The Balaban J connectivity index is 1.43.